The minimum atomic E-state index is -0.153. The van der Waals surface area contributed by atoms with Crippen LogP contribution in [0.15, 0.2) is 138 Å². The molecule has 0 saturated carbocycles. The highest BCUT2D eigenvalue weighted by Crippen LogP contribution is 2.55. The summed E-state index contributed by atoms with van der Waals surface area (Å²) in [6.07, 6.45) is 0. The second kappa shape index (κ2) is 13.3. The van der Waals surface area contributed by atoms with Gasteiger partial charge in [0.2, 0.25) is 0 Å². The molecule has 0 bridgehead atoms. The van der Waals surface area contributed by atoms with Crippen LogP contribution in [-0.4, -0.2) is 0 Å². The number of rotatable bonds is 4. The molecule has 0 radical (unpaired) electrons. The zero-order valence-electron chi connectivity index (χ0n) is 39.1. The lowest BCUT2D eigenvalue weighted by Crippen LogP contribution is -2.18. The molecule has 0 spiro atoms. The molecule has 2 nitrogen and oxygen atoms in total. The predicted molar refractivity (Wildman–Crippen MR) is 265 cm³/mol. The average molecular weight is 812 g/mol. The summed E-state index contributed by atoms with van der Waals surface area (Å²) >= 11 is 0. The van der Waals surface area contributed by atoms with Gasteiger partial charge in [-0.15, -0.1) is 0 Å². The molecule has 2 aliphatic rings. The second-order valence-corrected chi connectivity index (χ2v) is 22.3. The summed E-state index contributed by atoms with van der Waals surface area (Å²) in [5.74, 6) is 0. The van der Waals surface area contributed by atoms with E-state index in [1.807, 2.05) is 0 Å². The molecule has 1 heterocycles. The van der Waals surface area contributed by atoms with Crippen LogP contribution in [0.25, 0.3) is 55.3 Å². The largest absolute Gasteiger partial charge is 0.456 e. The van der Waals surface area contributed by atoms with Gasteiger partial charge in [0.15, 0.2) is 0 Å². The zero-order valence-corrected chi connectivity index (χ0v) is 39.1. The third kappa shape index (κ3) is 6.11. The van der Waals surface area contributed by atoms with E-state index in [4.69, 9.17) is 4.42 Å². The number of hydrogen-bond donors (Lipinski definition) is 0. The standard InChI is InChI=1S/C60H61NO/c1-56(2,3)38-32-46-45-31-37(24-29-53(45)62-55(46)52(33-38)58(7,8)9)36-18-16-19-39(30-36)61(40-25-27-43-42-20-14-15-21-47(42)59(10,11)50(43)34-40)41-26-28-44-51(35-41)60(12,13)49-23-17-22-48(54(44)49)57(4,5)6/h14-35H,1-13H3. The van der Waals surface area contributed by atoms with Gasteiger partial charge < -0.3 is 9.32 Å². The summed E-state index contributed by atoms with van der Waals surface area (Å²) in [6.45, 7) is 30.3. The van der Waals surface area contributed by atoms with Crippen LogP contribution in [-0.2, 0) is 27.1 Å². The van der Waals surface area contributed by atoms with E-state index < -0.39 is 0 Å². The van der Waals surface area contributed by atoms with Crippen LogP contribution in [0, 0.1) is 0 Å². The Kier molecular flexibility index (Phi) is 8.64. The van der Waals surface area contributed by atoms with Gasteiger partial charge in [-0.05, 0) is 138 Å². The minimum Gasteiger partial charge on any atom is -0.456 e. The third-order valence-electron chi connectivity index (χ3n) is 14.3. The molecular weight excluding hydrogens is 751 g/mol. The topological polar surface area (TPSA) is 16.4 Å². The van der Waals surface area contributed by atoms with E-state index >= 15 is 0 Å². The van der Waals surface area contributed by atoms with Gasteiger partial charge in [-0.2, -0.15) is 0 Å². The van der Waals surface area contributed by atoms with Gasteiger partial charge in [0.1, 0.15) is 11.2 Å². The summed E-state index contributed by atoms with van der Waals surface area (Å²) in [5.41, 5.74) is 22.4. The Morgan fingerprint density at radius 3 is 1.69 bits per heavy atom. The maximum atomic E-state index is 6.72. The lowest BCUT2D eigenvalue weighted by molar-refractivity contribution is 0.559. The van der Waals surface area contributed by atoms with Crippen molar-refractivity contribution in [2.75, 3.05) is 4.90 Å². The van der Waals surface area contributed by atoms with Crippen molar-refractivity contribution in [3.63, 3.8) is 0 Å². The number of fused-ring (bicyclic) bond motifs is 9. The SMILES string of the molecule is CC(C)(C)c1cc(C(C)(C)C)c2oc3ccc(-c4cccc(N(c5ccc6c(c5)C(C)(C)c5ccccc5-6)c5ccc6c(c5)C(C)(C)c5cccc(C(C)(C)C)c5-6)c4)cc3c2c1. The number of nitrogens with zero attached hydrogens (tertiary/aromatic N) is 1. The van der Waals surface area contributed by atoms with Crippen molar-refractivity contribution in [2.24, 2.45) is 0 Å². The average Bonchev–Trinajstić information content (AvgIpc) is 3.78. The van der Waals surface area contributed by atoms with Crippen LogP contribution in [0.4, 0.5) is 17.1 Å². The van der Waals surface area contributed by atoms with Crippen molar-refractivity contribution >= 4 is 39.0 Å². The first-order valence-electron chi connectivity index (χ1n) is 22.6. The fourth-order valence-corrected chi connectivity index (χ4v) is 10.7. The van der Waals surface area contributed by atoms with E-state index in [9.17, 15) is 0 Å². The Balaban J connectivity index is 1.16. The van der Waals surface area contributed by atoms with Gasteiger partial charge in [-0.1, -0.05) is 169 Å². The van der Waals surface area contributed by atoms with Crippen LogP contribution in [0.2, 0.25) is 0 Å². The molecule has 1 aromatic heterocycles. The lowest BCUT2D eigenvalue weighted by atomic mass is 9.79. The molecule has 7 aromatic carbocycles. The maximum absolute atomic E-state index is 6.72. The summed E-state index contributed by atoms with van der Waals surface area (Å²) in [7, 11) is 0. The smallest absolute Gasteiger partial charge is 0.139 e. The molecule has 2 heteroatoms. The molecule has 0 aliphatic heterocycles. The van der Waals surface area contributed by atoms with Crippen molar-refractivity contribution in [1.29, 1.82) is 0 Å². The monoisotopic (exact) mass is 811 g/mol. The van der Waals surface area contributed by atoms with Crippen molar-refractivity contribution in [2.45, 2.75) is 117 Å². The quantitative estimate of drug-likeness (QED) is 0.176. The molecule has 0 amide bonds. The van der Waals surface area contributed by atoms with Crippen LogP contribution >= 0.6 is 0 Å². The molecule has 0 fully saturated rings. The third-order valence-corrected chi connectivity index (χ3v) is 14.3. The summed E-state index contributed by atoms with van der Waals surface area (Å²) in [5, 5.41) is 2.35. The molecular formula is C60H61NO. The number of furan rings is 1. The van der Waals surface area contributed by atoms with Crippen LogP contribution < -0.4 is 4.90 Å². The number of benzene rings is 7. The molecule has 0 atom stereocenters. The lowest BCUT2D eigenvalue weighted by Gasteiger charge is -2.30. The van der Waals surface area contributed by atoms with E-state index in [1.54, 1.807) is 0 Å². The normalized spacial score (nSPS) is 15.1. The van der Waals surface area contributed by atoms with E-state index in [0.29, 0.717) is 0 Å². The minimum absolute atomic E-state index is 0.00713. The van der Waals surface area contributed by atoms with Gasteiger partial charge in [0, 0.05) is 44.2 Å². The second-order valence-electron chi connectivity index (χ2n) is 22.3. The van der Waals surface area contributed by atoms with Gasteiger partial charge in [-0.25, -0.2) is 0 Å². The van der Waals surface area contributed by atoms with Crippen molar-refractivity contribution in [3.8, 4) is 33.4 Å². The highest BCUT2D eigenvalue weighted by atomic mass is 16.3. The van der Waals surface area contributed by atoms with Crippen molar-refractivity contribution < 1.29 is 4.42 Å². The van der Waals surface area contributed by atoms with Gasteiger partial charge in [0.25, 0.3) is 0 Å². The number of anilines is 3. The zero-order chi connectivity index (χ0) is 43.9. The van der Waals surface area contributed by atoms with Crippen LogP contribution in [0.5, 0.6) is 0 Å². The highest BCUT2D eigenvalue weighted by molar-refractivity contribution is 6.08. The van der Waals surface area contributed by atoms with Gasteiger partial charge in [-0.3, -0.25) is 0 Å². The molecule has 0 saturated heterocycles. The van der Waals surface area contributed by atoms with Crippen LogP contribution in [0.1, 0.15) is 129 Å². The molecule has 312 valence electrons. The Morgan fingerprint density at radius 1 is 0.419 bits per heavy atom. The Labute approximate surface area is 369 Å². The Bertz CT molecular complexity index is 3130. The molecule has 62 heavy (non-hydrogen) atoms. The van der Waals surface area contributed by atoms with E-state index in [1.165, 1.54) is 77.7 Å². The first-order chi connectivity index (χ1) is 29.1. The molecule has 2 aliphatic carbocycles. The van der Waals surface area contributed by atoms with Gasteiger partial charge in [0.05, 0.1) is 0 Å². The highest BCUT2D eigenvalue weighted by Gasteiger charge is 2.40. The predicted octanol–water partition coefficient (Wildman–Crippen LogP) is 17.2. The summed E-state index contributed by atoms with van der Waals surface area (Å²) in [6, 6.07) is 50.8. The summed E-state index contributed by atoms with van der Waals surface area (Å²) in [4.78, 5) is 2.49. The van der Waals surface area contributed by atoms with Gasteiger partial charge >= 0.3 is 0 Å². The fourth-order valence-electron chi connectivity index (χ4n) is 10.7. The van der Waals surface area contributed by atoms with Crippen molar-refractivity contribution in [1.82, 2.24) is 0 Å². The summed E-state index contributed by atoms with van der Waals surface area (Å²) < 4.78 is 6.72. The molecule has 10 rings (SSSR count). The number of hydrogen-bond acceptors (Lipinski definition) is 2. The van der Waals surface area contributed by atoms with E-state index in [-0.39, 0.29) is 27.1 Å². The first kappa shape index (κ1) is 40.2. The first-order valence-corrected chi connectivity index (χ1v) is 22.6. The molecule has 0 unspecified atom stereocenters. The molecule has 0 N–H and O–H groups in total. The van der Waals surface area contributed by atoms with Crippen molar-refractivity contribution in [3.05, 3.63) is 172 Å². The Morgan fingerprint density at radius 2 is 1.00 bits per heavy atom. The fraction of sp³-hybridized carbons (Fsp3) is 0.300. The maximum Gasteiger partial charge on any atom is 0.139 e. The molecule has 8 aromatic rings. The van der Waals surface area contributed by atoms with E-state index in [0.717, 1.165) is 33.6 Å². The Hall–Kier alpha value is -5.86. The van der Waals surface area contributed by atoms with E-state index in [2.05, 4.69) is 228 Å². The van der Waals surface area contributed by atoms with Crippen LogP contribution in [0.3, 0.4) is 0 Å².